The van der Waals surface area contributed by atoms with Crippen LogP contribution in [0.1, 0.15) is 24.2 Å². The number of hydrogen-bond donors (Lipinski definition) is 1. The SMILES string of the molecule is COc1ccc(C(=O)COC(=O)[C@H](NS(=O)(=O)c2ccccc2)C(C)C)cc1. The molecule has 2 rings (SSSR count). The van der Waals surface area contributed by atoms with Gasteiger partial charge in [0.2, 0.25) is 10.0 Å². The summed E-state index contributed by atoms with van der Waals surface area (Å²) in [6.45, 7) is 2.89. The molecular formula is C20H23NO6S. The molecule has 1 atom stereocenters. The maximum atomic E-state index is 12.5. The van der Waals surface area contributed by atoms with Gasteiger partial charge in [0.05, 0.1) is 12.0 Å². The Hall–Kier alpha value is -2.71. The number of benzene rings is 2. The molecule has 0 aliphatic carbocycles. The van der Waals surface area contributed by atoms with Gasteiger partial charge in [-0.3, -0.25) is 9.59 Å². The van der Waals surface area contributed by atoms with Gasteiger partial charge >= 0.3 is 5.97 Å². The van der Waals surface area contributed by atoms with Gasteiger partial charge in [0, 0.05) is 5.56 Å². The number of ketones is 1. The number of rotatable bonds is 9. The predicted octanol–water partition coefficient (Wildman–Crippen LogP) is 2.42. The second kappa shape index (κ2) is 9.48. The Bertz CT molecular complexity index is 907. The highest BCUT2D eigenvalue weighted by atomic mass is 32.2. The summed E-state index contributed by atoms with van der Waals surface area (Å²) >= 11 is 0. The summed E-state index contributed by atoms with van der Waals surface area (Å²) in [5, 5.41) is 0. The van der Waals surface area contributed by atoms with E-state index < -0.39 is 34.4 Å². The summed E-state index contributed by atoms with van der Waals surface area (Å²) in [7, 11) is -2.38. The fourth-order valence-corrected chi connectivity index (χ4v) is 3.73. The van der Waals surface area contributed by atoms with Crippen molar-refractivity contribution in [3.05, 3.63) is 60.2 Å². The number of methoxy groups -OCH3 is 1. The summed E-state index contributed by atoms with van der Waals surface area (Å²) in [6, 6.07) is 13.0. The molecule has 0 aromatic heterocycles. The van der Waals surface area contributed by atoms with Crippen molar-refractivity contribution in [3.8, 4) is 5.75 Å². The molecule has 28 heavy (non-hydrogen) atoms. The highest BCUT2D eigenvalue weighted by Gasteiger charge is 2.30. The zero-order valence-electron chi connectivity index (χ0n) is 15.9. The van der Waals surface area contributed by atoms with Crippen LogP contribution in [0.25, 0.3) is 0 Å². The summed E-state index contributed by atoms with van der Waals surface area (Å²) in [5.41, 5.74) is 0.361. The first-order chi connectivity index (χ1) is 13.2. The molecule has 0 saturated carbocycles. The van der Waals surface area contributed by atoms with Crippen molar-refractivity contribution in [1.82, 2.24) is 4.72 Å². The van der Waals surface area contributed by atoms with Gasteiger partial charge in [-0.2, -0.15) is 4.72 Å². The number of carbonyl (C=O) groups excluding carboxylic acids is 2. The van der Waals surface area contributed by atoms with Crippen LogP contribution < -0.4 is 9.46 Å². The first kappa shape index (κ1) is 21.6. The molecule has 0 radical (unpaired) electrons. The van der Waals surface area contributed by atoms with Crippen LogP contribution in [-0.2, 0) is 19.6 Å². The monoisotopic (exact) mass is 405 g/mol. The summed E-state index contributed by atoms with van der Waals surface area (Å²) < 4.78 is 37.4. The van der Waals surface area contributed by atoms with E-state index in [0.717, 1.165) is 0 Å². The third-order valence-electron chi connectivity index (χ3n) is 4.01. The van der Waals surface area contributed by atoms with Crippen LogP contribution in [0.5, 0.6) is 5.75 Å². The van der Waals surface area contributed by atoms with Gasteiger partial charge < -0.3 is 9.47 Å². The van der Waals surface area contributed by atoms with E-state index >= 15 is 0 Å². The molecule has 150 valence electrons. The number of ether oxygens (including phenoxy) is 2. The molecule has 0 saturated heterocycles. The molecule has 2 aromatic rings. The van der Waals surface area contributed by atoms with Crippen molar-refractivity contribution in [2.75, 3.05) is 13.7 Å². The standard InChI is InChI=1S/C20H23NO6S/c1-14(2)19(21-28(24,25)17-7-5-4-6-8-17)20(23)27-13-18(22)15-9-11-16(26-3)12-10-15/h4-12,14,19,21H,13H2,1-3H3/t19-/m1/s1. The van der Waals surface area contributed by atoms with Crippen molar-refractivity contribution in [2.45, 2.75) is 24.8 Å². The van der Waals surface area contributed by atoms with Gasteiger partial charge in [0.25, 0.3) is 0 Å². The number of carbonyl (C=O) groups is 2. The van der Waals surface area contributed by atoms with E-state index in [9.17, 15) is 18.0 Å². The van der Waals surface area contributed by atoms with Crippen LogP contribution in [0.3, 0.4) is 0 Å². The van der Waals surface area contributed by atoms with Gasteiger partial charge in [-0.1, -0.05) is 32.0 Å². The second-order valence-corrected chi connectivity index (χ2v) is 8.13. The Balaban J connectivity index is 2.03. The maximum Gasteiger partial charge on any atom is 0.324 e. The van der Waals surface area contributed by atoms with E-state index in [1.54, 1.807) is 56.3 Å². The number of hydrogen-bond acceptors (Lipinski definition) is 6. The second-order valence-electron chi connectivity index (χ2n) is 6.42. The Morgan fingerprint density at radius 3 is 2.14 bits per heavy atom. The highest BCUT2D eigenvalue weighted by Crippen LogP contribution is 2.14. The largest absolute Gasteiger partial charge is 0.497 e. The van der Waals surface area contributed by atoms with Gasteiger partial charge in [-0.25, -0.2) is 8.42 Å². The first-order valence-corrected chi connectivity index (χ1v) is 10.1. The Kier molecular flexibility index (Phi) is 7.31. The molecule has 0 unspecified atom stereocenters. The minimum atomic E-state index is -3.90. The third kappa shape index (κ3) is 5.64. The van der Waals surface area contributed by atoms with Crippen LogP contribution in [0.4, 0.5) is 0 Å². The molecule has 0 aliphatic rings. The number of sulfonamides is 1. The minimum absolute atomic E-state index is 0.0442. The quantitative estimate of drug-likeness (QED) is 0.508. The normalized spacial score (nSPS) is 12.4. The van der Waals surface area contributed by atoms with Crippen LogP contribution in [0, 0.1) is 5.92 Å². The molecule has 0 fully saturated rings. The van der Waals surface area contributed by atoms with E-state index in [1.165, 1.54) is 19.2 Å². The lowest BCUT2D eigenvalue weighted by Crippen LogP contribution is -2.45. The van der Waals surface area contributed by atoms with Crippen molar-refractivity contribution in [3.63, 3.8) is 0 Å². The molecular weight excluding hydrogens is 382 g/mol. The topological polar surface area (TPSA) is 98.8 Å². The van der Waals surface area contributed by atoms with E-state index in [2.05, 4.69) is 4.72 Å². The lowest BCUT2D eigenvalue weighted by molar-refractivity contribution is -0.145. The zero-order valence-corrected chi connectivity index (χ0v) is 16.7. The van der Waals surface area contributed by atoms with Crippen LogP contribution in [0.2, 0.25) is 0 Å². The Labute approximate surface area is 164 Å². The average Bonchev–Trinajstić information content (AvgIpc) is 2.70. The zero-order chi connectivity index (χ0) is 20.7. The highest BCUT2D eigenvalue weighted by molar-refractivity contribution is 7.89. The third-order valence-corrected chi connectivity index (χ3v) is 5.47. The molecule has 0 bridgehead atoms. The van der Waals surface area contributed by atoms with Crippen molar-refractivity contribution in [1.29, 1.82) is 0 Å². The van der Waals surface area contributed by atoms with E-state index in [1.807, 2.05) is 0 Å². The lowest BCUT2D eigenvalue weighted by Gasteiger charge is -2.20. The Morgan fingerprint density at radius 1 is 1.00 bits per heavy atom. The number of nitrogens with one attached hydrogen (secondary N) is 1. The molecule has 0 heterocycles. The molecule has 1 N–H and O–H groups in total. The van der Waals surface area contributed by atoms with E-state index in [-0.39, 0.29) is 10.8 Å². The van der Waals surface area contributed by atoms with Gasteiger partial charge in [0.1, 0.15) is 11.8 Å². The smallest absolute Gasteiger partial charge is 0.324 e. The maximum absolute atomic E-state index is 12.5. The van der Waals surface area contributed by atoms with Crippen LogP contribution in [-0.4, -0.2) is 39.9 Å². The predicted molar refractivity (Wildman–Crippen MR) is 104 cm³/mol. The van der Waals surface area contributed by atoms with Gasteiger partial charge in [-0.15, -0.1) is 0 Å². The summed E-state index contributed by atoms with van der Waals surface area (Å²) in [4.78, 5) is 24.6. The van der Waals surface area contributed by atoms with E-state index in [0.29, 0.717) is 11.3 Å². The van der Waals surface area contributed by atoms with Crippen molar-refractivity contribution >= 4 is 21.8 Å². The molecule has 0 spiro atoms. The molecule has 0 amide bonds. The van der Waals surface area contributed by atoms with Crippen LogP contribution in [0.15, 0.2) is 59.5 Å². The van der Waals surface area contributed by atoms with E-state index in [4.69, 9.17) is 9.47 Å². The van der Waals surface area contributed by atoms with Gasteiger partial charge in [0.15, 0.2) is 12.4 Å². The molecule has 7 nitrogen and oxygen atoms in total. The number of Topliss-reactive ketones (excluding diaryl/α,β-unsaturated/α-hetero) is 1. The first-order valence-electron chi connectivity index (χ1n) is 8.66. The molecule has 8 heteroatoms. The fraction of sp³-hybridized carbons (Fsp3) is 0.300. The van der Waals surface area contributed by atoms with Gasteiger partial charge in [-0.05, 0) is 42.3 Å². The van der Waals surface area contributed by atoms with Crippen molar-refractivity contribution < 1.29 is 27.5 Å². The summed E-state index contributed by atoms with van der Waals surface area (Å²) in [5.74, 6) is -0.980. The summed E-state index contributed by atoms with van der Waals surface area (Å²) in [6.07, 6.45) is 0. The number of esters is 1. The molecule has 2 aromatic carbocycles. The molecule has 0 aliphatic heterocycles. The lowest BCUT2D eigenvalue weighted by atomic mass is 10.1. The minimum Gasteiger partial charge on any atom is -0.497 e. The Morgan fingerprint density at radius 2 is 1.61 bits per heavy atom. The average molecular weight is 405 g/mol. The van der Waals surface area contributed by atoms with Crippen LogP contribution >= 0.6 is 0 Å². The fourth-order valence-electron chi connectivity index (χ4n) is 2.38. The van der Waals surface area contributed by atoms with Crippen molar-refractivity contribution in [2.24, 2.45) is 5.92 Å².